The molecule has 6 heteroatoms. The summed E-state index contributed by atoms with van der Waals surface area (Å²) in [4.78, 5) is 26.3. The summed E-state index contributed by atoms with van der Waals surface area (Å²) in [5.74, 6) is -0.612. The molecule has 0 aromatic heterocycles. The van der Waals surface area contributed by atoms with Crippen LogP contribution >= 0.6 is 0 Å². The van der Waals surface area contributed by atoms with E-state index in [1.54, 1.807) is 12.1 Å². The van der Waals surface area contributed by atoms with Crippen LogP contribution in [0.1, 0.15) is 27.2 Å². The van der Waals surface area contributed by atoms with Gasteiger partial charge in [0.25, 0.3) is 8.32 Å². The van der Waals surface area contributed by atoms with E-state index >= 15 is 0 Å². The first-order valence-electron chi connectivity index (χ1n) is 8.23. The number of esters is 1. The molecule has 0 amide bonds. The molecule has 0 atom stereocenters. The molecule has 1 aromatic carbocycles. The molecule has 0 bridgehead atoms. The maximum Gasteiger partial charge on any atom is 0.320 e. The Balaban J connectivity index is 2.72. The average Bonchev–Trinajstić information content (AvgIpc) is 2.45. The fourth-order valence-corrected chi connectivity index (χ4v) is 2.69. The molecule has 0 N–H and O–H groups in total. The molecule has 0 aliphatic rings. The van der Waals surface area contributed by atoms with Gasteiger partial charge in [0, 0.05) is 19.7 Å². The van der Waals surface area contributed by atoms with Gasteiger partial charge in [0.15, 0.2) is 5.75 Å². The first-order valence-corrected chi connectivity index (χ1v) is 11.1. The van der Waals surface area contributed by atoms with Crippen LogP contribution in [0.3, 0.4) is 0 Å². The van der Waals surface area contributed by atoms with Gasteiger partial charge in [-0.3, -0.25) is 4.79 Å². The van der Waals surface area contributed by atoms with E-state index in [2.05, 4.69) is 6.58 Å². The van der Waals surface area contributed by atoms with E-state index in [-0.39, 0.29) is 17.0 Å². The van der Waals surface area contributed by atoms with Crippen LogP contribution in [0.2, 0.25) is 18.1 Å². The van der Waals surface area contributed by atoms with Crippen molar-refractivity contribution in [3.63, 3.8) is 0 Å². The Morgan fingerprint density at radius 1 is 1.16 bits per heavy atom. The molecule has 0 saturated heterocycles. The minimum atomic E-state index is -2.25. The number of carbonyl (C=O) groups excluding carboxylic acids is 2. The van der Waals surface area contributed by atoms with Gasteiger partial charge < -0.3 is 14.1 Å². The molecule has 0 aliphatic carbocycles. The zero-order valence-corrected chi connectivity index (χ0v) is 17.3. The monoisotopic (exact) mass is 363 g/mol. The fraction of sp³-hybridized carbons (Fsp3) is 0.474. The predicted molar refractivity (Wildman–Crippen MR) is 103 cm³/mol. The van der Waals surface area contributed by atoms with Crippen molar-refractivity contribution in [1.82, 2.24) is 0 Å². The van der Waals surface area contributed by atoms with Gasteiger partial charge in [0.2, 0.25) is 0 Å². The van der Waals surface area contributed by atoms with Crippen molar-refractivity contribution < 1.29 is 18.8 Å². The molecule has 0 aliphatic heterocycles. The van der Waals surface area contributed by atoms with Crippen molar-refractivity contribution in [1.29, 1.82) is 0 Å². The van der Waals surface area contributed by atoms with E-state index in [9.17, 15) is 9.59 Å². The van der Waals surface area contributed by atoms with E-state index in [1.165, 1.54) is 0 Å². The number of ether oxygens (including phenoxy) is 1. The van der Waals surface area contributed by atoms with Crippen molar-refractivity contribution >= 4 is 25.9 Å². The molecule has 0 heterocycles. The summed E-state index contributed by atoms with van der Waals surface area (Å²) in [6, 6.07) is 7.21. The Kier molecular flexibility index (Phi) is 6.59. The zero-order valence-electron chi connectivity index (χ0n) is 16.3. The Bertz CT molecular complexity index is 660. The third kappa shape index (κ3) is 5.74. The van der Waals surface area contributed by atoms with Crippen molar-refractivity contribution in [2.24, 2.45) is 0 Å². The normalized spacial score (nSPS) is 11.6. The number of nitrogens with zero attached hydrogens (tertiary/aromatic N) is 1. The highest BCUT2D eigenvalue weighted by molar-refractivity contribution is 6.75. The Morgan fingerprint density at radius 3 is 2.24 bits per heavy atom. The van der Waals surface area contributed by atoms with Crippen LogP contribution in [-0.4, -0.2) is 34.4 Å². The van der Waals surface area contributed by atoms with Crippen molar-refractivity contribution in [3.05, 3.63) is 36.4 Å². The zero-order chi connectivity index (χ0) is 19.4. The van der Waals surface area contributed by atoms with Crippen LogP contribution in [0, 0.1) is 0 Å². The van der Waals surface area contributed by atoms with Crippen molar-refractivity contribution in [3.8, 4) is 5.75 Å². The lowest BCUT2D eigenvalue weighted by atomic mass is 10.2. The number of hydrogen-bond donors (Lipinski definition) is 0. The molecule has 1 aromatic rings. The number of anilines is 1. The molecule has 0 spiro atoms. The number of para-hydroxylation sites is 2. The van der Waals surface area contributed by atoms with Gasteiger partial charge in [-0.15, -0.1) is 0 Å². The lowest BCUT2D eigenvalue weighted by molar-refractivity contribution is -0.137. The summed E-state index contributed by atoms with van der Waals surface area (Å²) in [5, 5.41) is -0.103. The molecule has 25 heavy (non-hydrogen) atoms. The van der Waals surface area contributed by atoms with Crippen LogP contribution in [0.5, 0.6) is 5.75 Å². The van der Waals surface area contributed by atoms with Crippen molar-refractivity contribution in [2.45, 2.75) is 45.3 Å². The lowest BCUT2D eigenvalue weighted by Gasteiger charge is -2.35. The van der Waals surface area contributed by atoms with E-state index in [4.69, 9.17) is 9.16 Å². The Hall–Kier alpha value is -2.08. The second-order valence-corrected chi connectivity index (χ2v) is 12.5. The first-order chi connectivity index (χ1) is 11.3. The van der Waals surface area contributed by atoms with Gasteiger partial charge >= 0.3 is 11.9 Å². The topological polar surface area (TPSA) is 55.8 Å². The van der Waals surface area contributed by atoms with E-state index < -0.39 is 20.3 Å². The summed E-state index contributed by atoms with van der Waals surface area (Å²) in [6.07, 6.45) is -0.199. The molecule has 138 valence electrons. The van der Waals surface area contributed by atoms with E-state index in [0.717, 1.165) is 5.69 Å². The van der Waals surface area contributed by atoms with Crippen LogP contribution in [0.4, 0.5) is 5.69 Å². The maximum absolute atomic E-state index is 12.3. The number of rotatable bonds is 6. The molecule has 0 radical (unpaired) electrons. The third-order valence-electron chi connectivity index (χ3n) is 4.37. The third-order valence-corrected chi connectivity index (χ3v) is 8.68. The summed E-state index contributed by atoms with van der Waals surface area (Å²) in [7, 11) is 1.48. The molecular weight excluding hydrogens is 334 g/mol. The van der Waals surface area contributed by atoms with E-state index in [1.807, 2.05) is 65.0 Å². The Morgan fingerprint density at radius 2 is 1.72 bits per heavy atom. The van der Waals surface area contributed by atoms with Gasteiger partial charge in [0.1, 0.15) is 0 Å². The van der Waals surface area contributed by atoms with Crippen LogP contribution in [0.15, 0.2) is 36.4 Å². The summed E-state index contributed by atoms with van der Waals surface area (Å²) < 4.78 is 11.0. The molecule has 0 unspecified atom stereocenters. The highest BCUT2D eigenvalue weighted by Crippen LogP contribution is 2.37. The van der Waals surface area contributed by atoms with E-state index in [0.29, 0.717) is 5.75 Å². The van der Waals surface area contributed by atoms with Gasteiger partial charge in [0.05, 0.1) is 12.1 Å². The molecule has 1 rings (SSSR count). The quantitative estimate of drug-likeness (QED) is 0.329. The second-order valence-electron chi connectivity index (χ2n) is 7.77. The maximum atomic E-state index is 12.3. The van der Waals surface area contributed by atoms with Gasteiger partial charge in [-0.1, -0.05) is 39.5 Å². The molecule has 5 nitrogen and oxygen atoms in total. The number of benzene rings is 1. The van der Waals surface area contributed by atoms with Crippen molar-refractivity contribution in [2.75, 3.05) is 19.0 Å². The second kappa shape index (κ2) is 7.87. The first kappa shape index (κ1) is 21.0. The molecule has 0 saturated carbocycles. The summed E-state index contributed by atoms with van der Waals surface area (Å²) in [5.41, 5.74) is 0.891. The lowest BCUT2D eigenvalue weighted by Crippen LogP contribution is -2.43. The minimum absolute atomic E-state index is 0.103. The molecular formula is C19H29NO4Si. The number of hydrogen-bond acceptors (Lipinski definition) is 5. The van der Waals surface area contributed by atoms with Crippen LogP contribution in [0.25, 0.3) is 0 Å². The number of carbonyl (C=O) groups is 2. The van der Waals surface area contributed by atoms with Crippen LogP contribution in [-0.2, 0) is 14.0 Å². The largest absolute Gasteiger partial charge is 0.516 e. The minimum Gasteiger partial charge on any atom is -0.516 e. The highest BCUT2D eigenvalue weighted by Gasteiger charge is 2.40. The molecule has 0 fully saturated rings. The summed E-state index contributed by atoms with van der Waals surface area (Å²) >= 11 is 0. The fourth-order valence-electron chi connectivity index (χ4n) is 1.78. The van der Waals surface area contributed by atoms with Gasteiger partial charge in [-0.05, 0) is 30.3 Å². The Labute approximate surface area is 151 Å². The highest BCUT2D eigenvalue weighted by atomic mass is 28.4. The van der Waals surface area contributed by atoms with Gasteiger partial charge in [-0.2, -0.15) is 0 Å². The van der Waals surface area contributed by atoms with Crippen LogP contribution < -0.4 is 9.64 Å². The standard InChI is InChI=1S/C19H29NO4Si/c1-14(18(22)24-25(7,8)19(2,3)4)13-17(21)23-16-12-10-9-11-15(16)20(5)6/h9-12H,1,13H2,2-8H3. The summed E-state index contributed by atoms with van der Waals surface area (Å²) in [6.45, 7) is 13.8. The SMILES string of the molecule is C=C(CC(=O)Oc1ccccc1N(C)C)C(=O)O[Si](C)(C)C(C)(C)C. The predicted octanol–water partition coefficient (Wildman–Crippen LogP) is 4.15. The average molecular weight is 364 g/mol. The van der Waals surface area contributed by atoms with Gasteiger partial charge in [-0.25, -0.2) is 4.79 Å². The smallest absolute Gasteiger partial charge is 0.320 e.